The number of nitrogens with two attached hydrogens (primary N) is 1. The summed E-state index contributed by atoms with van der Waals surface area (Å²) in [5, 5.41) is 9.78. The summed E-state index contributed by atoms with van der Waals surface area (Å²) in [5.74, 6) is 0.329. The number of benzene rings is 1. The summed E-state index contributed by atoms with van der Waals surface area (Å²) in [6, 6.07) is 2.76. The van der Waals surface area contributed by atoms with Gasteiger partial charge in [-0.25, -0.2) is 13.2 Å². The van der Waals surface area contributed by atoms with Crippen LogP contribution in [0.3, 0.4) is 0 Å². The zero-order valence-electron chi connectivity index (χ0n) is 13.8. The highest BCUT2D eigenvalue weighted by Gasteiger charge is 2.45. The van der Waals surface area contributed by atoms with Gasteiger partial charge in [0.25, 0.3) is 0 Å². The molecule has 0 unspecified atom stereocenters. The Bertz CT molecular complexity index is 782. The molecule has 0 radical (unpaired) electrons. The second-order valence-electron chi connectivity index (χ2n) is 5.92. The number of nitrogens with one attached hydrogen (secondary N) is 1. The highest BCUT2D eigenvalue weighted by atomic mass is 35.5. The summed E-state index contributed by atoms with van der Waals surface area (Å²) in [6.07, 6.45) is -3.38. The predicted molar refractivity (Wildman–Crippen MR) is 90.4 cm³/mol. The molecule has 1 aliphatic heterocycles. The molecule has 4 N–H and O–H groups in total. The lowest BCUT2D eigenvalue weighted by Crippen LogP contribution is -2.50. The lowest BCUT2D eigenvalue weighted by Gasteiger charge is -2.41. The van der Waals surface area contributed by atoms with Crippen LogP contribution in [-0.2, 0) is 14.8 Å². The number of methoxy groups -OCH3 is 1. The molecule has 0 fully saturated rings. The number of hydrogen-bond donors (Lipinski definition) is 3. The van der Waals surface area contributed by atoms with Crippen LogP contribution >= 0.6 is 11.6 Å². The number of carbonyl (C=O) groups is 1. The summed E-state index contributed by atoms with van der Waals surface area (Å²) in [5.41, 5.74) is 4.34. The van der Waals surface area contributed by atoms with Crippen molar-refractivity contribution in [1.82, 2.24) is 0 Å². The van der Waals surface area contributed by atoms with Crippen molar-refractivity contribution in [3.05, 3.63) is 17.7 Å². The van der Waals surface area contributed by atoms with Crippen molar-refractivity contribution >= 4 is 33.4 Å². The van der Waals surface area contributed by atoms with Crippen molar-refractivity contribution in [3.8, 4) is 11.5 Å². The Labute approximate surface area is 150 Å². The third-order valence-corrected chi connectivity index (χ3v) is 5.34. The molecule has 9 nitrogen and oxygen atoms in total. The Morgan fingerprint density at radius 1 is 1.48 bits per heavy atom. The molecular weight excluding hydrogens is 376 g/mol. The Morgan fingerprint density at radius 3 is 2.64 bits per heavy atom. The summed E-state index contributed by atoms with van der Waals surface area (Å²) >= 11 is 5.40. The lowest BCUT2D eigenvalue weighted by molar-refractivity contribution is -0.112. The molecule has 1 aromatic carbocycles. The number of aliphatic hydroxyl groups is 1. The number of anilines is 1. The standard InChI is InChI=1S/C14H19ClN2O7S/c1-14(2)12(18)11(23-13(16)19)7-4-10(22-3)8(5-9(7)24-14)17-25(20,21)6-15/h4-5,11-12,17-18H,6H2,1-3H3,(H2,16,19)/t11-,12+/m0/s1. The molecule has 140 valence electrons. The van der Waals surface area contributed by atoms with Crippen LogP contribution in [0, 0.1) is 0 Å². The number of fused-ring (bicyclic) bond motifs is 1. The van der Waals surface area contributed by atoms with Gasteiger partial charge in [0.1, 0.15) is 28.4 Å². The first kappa shape index (κ1) is 19.4. The van der Waals surface area contributed by atoms with E-state index in [0.717, 1.165) is 0 Å². The van der Waals surface area contributed by atoms with Gasteiger partial charge in [-0.1, -0.05) is 0 Å². The van der Waals surface area contributed by atoms with E-state index in [-0.39, 0.29) is 22.7 Å². The van der Waals surface area contributed by atoms with Crippen molar-refractivity contribution in [2.75, 3.05) is 17.0 Å². The minimum atomic E-state index is -3.78. The van der Waals surface area contributed by atoms with Gasteiger partial charge in [-0.2, -0.15) is 0 Å². The third-order valence-electron chi connectivity index (χ3n) is 3.66. The second-order valence-corrected chi connectivity index (χ2v) is 8.23. The maximum Gasteiger partial charge on any atom is 0.405 e. The SMILES string of the molecule is COc1cc2c(cc1NS(=O)(=O)CCl)OC(C)(C)[C@H](O)[C@H]2OC(N)=O. The van der Waals surface area contributed by atoms with Crippen molar-refractivity contribution in [1.29, 1.82) is 0 Å². The molecule has 0 saturated carbocycles. The third kappa shape index (κ3) is 4.02. The first-order valence-electron chi connectivity index (χ1n) is 7.12. The Kier molecular flexibility index (Phi) is 5.26. The molecule has 1 aromatic rings. The molecule has 0 aromatic heterocycles. The van der Waals surface area contributed by atoms with Gasteiger partial charge in [-0.15, -0.1) is 11.6 Å². The number of alkyl halides is 1. The summed E-state index contributed by atoms with van der Waals surface area (Å²) in [6.45, 7) is 3.18. The van der Waals surface area contributed by atoms with Gasteiger partial charge in [-0.05, 0) is 19.9 Å². The molecule has 0 bridgehead atoms. The van der Waals surface area contributed by atoms with E-state index in [0.29, 0.717) is 0 Å². The van der Waals surface area contributed by atoms with Crippen LogP contribution in [0.1, 0.15) is 25.5 Å². The topological polar surface area (TPSA) is 137 Å². The van der Waals surface area contributed by atoms with E-state index in [9.17, 15) is 18.3 Å². The zero-order valence-corrected chi connectivity index (χ0v) is 15.3. The van der Waals surface area contributed by atoms with E-state index in [1.54, 1.807) is 13.8 Å². The van der Waals surface area contributed by atoms with Gasteiger partial charge in [-0.3, -0.25) is 4.72 Å². The molecule has 0 saturated heterocycles. The quantitative estimate of drug-likeness (QED) is 0.640. The molecule has 2 rings (SSSR count). The molecule has 11 heteroatoms. The monoisotopic (exact) mass is 394 g/mol. The van der Waals surface area contributed by atoms with Crippen LogP contribution in [0.4, 0.5) is 10.5 Å². The van der Waals surface area contributed by atoms with Crippen LogP contribution in [0.15, 0.2) is 12.1 Å². The van der Waals surface area contributed by atoms with E-state index in [2.05, 4.69) is 4.72 Å². The van der Waals surface area contributed by atoms with Crippen molar-refractivity contribution in [2.24, 2.45) is 5.73 Å². The highest BCUT2D eigenvalue weighted by Crippen LogP contribution is 2.46. The first-order valence-corrected chi connectivity index (χ1v) is 9.31. The molecule has 1 heterocycles. The van der Waals surface area contributed by atoms with Gasteiger partial charge >= 0.3 is 6.09 Å². The molecular formula is C14H19ClN2O7S. The fraction of sp³-hybridized carbons (Fsp3) is 0.500. The Hall–Kier alpha value is -1.91. The van der Waals surface area contributed by atoms with Gasteiger partial charge < -0.3 is 25.1 Å². The van der Waals surface area contributed by atoms with Gasteiger partial charge in [0.15, 0.2) is 6.10 Å². The van der Waals surface area contributed by atoms with Crippen LogP contribution in [0.2, 0.25) is 0 Å². The minimum Gasteiger partial charge on any atom is -0.495 e. The fourth-order valence-electron chi connectivity index (χ4n) is 2.46. The summed E-state index contributed by atoms with van der Waals surface area (Å²) < 4.78 is 41.6. The van der Waals surface area contributed by atoms with E-state index < -0.39 is 39.1 Å². The van der Waals surface area contributed by atoms with Gasteiger partial charge in [0.2, 0.25) is 10.0 Å². The minimum absolute atomic E-state index is 0.0897. The van der Waals surface area contributed by atoms with Crippen molar-refractivity contribution in [3.63, 3.8) is 0 Å². The van der Waals surface area contributed by atoms with Gasteiger partial charge in [0, 0.05) is 11.6 Å². The van der Waals surface area contributed by atoms with E-state index in [1.807, 2.05) is 0 Å². The fourth-order valence-corrected chi connectivity index (χ4v) is 3.17. The smallest absolute Gasteiger partial charge is 0.405 e. The molecule has 1 aliphatic rings. The van der Waals surface area contributed by atoms with Gasteiger partial charge in [0.05, 0.1) is 12.8 Å². The largest absolute Gasteiger partial charge is 0.495 e. The number of halogens is 1. The van der Waals surface area contributed by atoms with Crippen LogP contribution in [0.25, 0.3) is 0 Å². The second kappa shape index (κ2) is 6.77. The number of rotatable bonds is 5. The molecule has 2 atom stereocenters. The highest BCUT2D eigenvalue weighted by molar-refractivity contribution is 7.93. The number of carbonyl (C=O) groups excluding carboxylic acids is 1. The number of aliphatic hydroxyl groups excluding tert-OH is 1. The number of amides is 1. The molecule has 0 aliphatic carbocycles. The Morgan fingerprint density at radius 2 is 2.12 bits per heavy atom. The van der Waals surface area contributed by atoms with Crippen LogP contribution in [0.5, 0.6) is 11.5 Å². The van der Waals surface area contributed by atoms with E-state index in [4.69, 9.17) is 31.5 Å². The average molecular weight is 395 g/mol. The van der Waals surface area contributed by atoms with Crippen molar-refractivity contribution in [2.45, 2.75) is 31.7 Å². The number of sulfonamides is 1. The molecule has 0 spiro atoms. The normalized spacial score (nSPS) is 21.6. The maximum absolute atomic E-state index is 11.7. The predicted octanol–water partition coefficient (Wildman–Crippen LogP) is 1.30. The van der Waals surface area contributed by atoms with Crippen LogP contribution < -0.4 is 19.9 Å². The molecule has 1 amide bonds. The summed E-state index contributed by atoms with van der Waals surface area (Å²) in [4.78, 5) is 11.2. The van der Waals surface area contributed by atoms with Crippen molar-refractivity contribution < 1.29 is 32.5 Å². The van der Waals surface area contributed by atoms with E-state index >= 15 is 0 Å². The Balaban J connectivity index is 2.58. The molecule has 25 heavy (non-hydrogen) atoms. The number of hydrogen-bond acceptors (Lipinski definition) is 7. The summed E-state index contributed by atoms with van der Waals surface area (Å²) in [7, 11) is -2.45. The maximum atomic E-state index is 11.7. The average Bonchev–Trinajstić information content (AvgIpc) is 2.50. The van der Waals surface area contributed by atoms with E-state index in [1.165, 1.54) is 19.2 Å². The zero-order chi connectivity index (χ0) is 19.0. The van der Waals surface area contributed by atoms with Crippen LogP contribution in [-0.4, -0.2) is 43.6 Å². The first-order chi connectivity index (χ1) is 11.5. The number of primary amides is 1. The number of ether oxygens (including phenoxy) is 3. The lowest BCUT2D eigenvalue weighted by atomic mass is 9.88.